The Labute approximate surface area is 136 Å². The molecule has 0 bridgehead atoms. The molecule has 0 aliphatic carbocycles. The quantitative estimate of drug-likeness (QED) is 0.916. The van der Waals surface area contributed by atoms with E-state index in [1.807, 2.05) is 31.7 Å². The molecular formula is C16H25ClN2O3. The molecule has 2 atom stereocenters. The Morgan fingerprint density at radius 3 is 2.77 bits per heavy atom. The van der Waals surface area contributed by atoms with E-state index >= 15 is 0 Å². The van der Waals surface area contributed by atoms with Crippen LogP contribution in [-0.2, 0) is 11.3 Å². The lowest BCUT2D eigenvalue weighted by Crippen LogP contribution is -2.50. The second-order valence-electron chi connectivity index (χ2n) is 6.83. The molecule has 0 radical (unpaired) electrons. The monoisotopic (exact) mass is 328 g/mol. The van der Waals surface area contributed by atoms with Gasteiger partial charge in [0.25, 0.3) is 0 Å². The zero-order valence-electron chi connectivity index (χ0n) is 13.7. The second kappa shape index (κ2) is 6.92. The number of hydrogen-bond acceptors (Lipinski definition) is 4. The molecule has 1 N–H and O–H groups in total. The molecule has 1 aromatic heterocycles. The number of nitrogens with one attached hydrogen (secondary N) is 1. The first-order chi connectivity index (χ1) is 10.2. The van der Waals surface area contributed by atoms with Gasteiger partial charge in [-0.1, -0.05) is 0 Å². The van der Waals surface area contributed by atoms with Crippen LogP contribution in [0.1, 0.15) is 46.3 Å². The number of rotatable bonds is 3. The largest absolute Gasteiger partial charge is 0.448 e. The normalized spacial score (nSPS) is 22.7. The molecule has 0 saturated carbocycles. The van der Waals surface area contributed by atoms with Gasteiger partial charge in [-0.2, -0.15) is 0 Å². The topological polar surface area (TPSA) is 54.7 Å². The van der Waals surface area contributed by atoms with Crippen molar-refractivity contribution < 1.29 is 13.9 Å². The van der Waals surface area contributed by atoms with Crippen molar-refractivity contribution in [2.75, 3.05) is 6.54 Å². The molecule has 1 aromatic rings. The standard InChI is InChI=1S/C16H25ClN2O3/c1-11-9-12(18-10-13-5-6-14(17)21-13)7-8-19(11)15(20)22-16(2,3)4/h5-6,11-12,18H,7-10H2,1-4H3. The second-order valence-corrected chi connectivity index (χ2v) is 7.20. The van der Waals surface area contributed by atoms with Gasteiger partial charge in [-0.3, -0.25) is 0 Å². The Morgan fingerprint density at radius 2 is 2.23 bits per heavy atom. The lowest BCUT2D eigenvalue weighted by atomic mass is 9.98. The van der Waals surface area contributed by atoms with Crippen LogP contribution in [0.15, 0.2) is 16.5 Å². The molecule has 5 nitrogen and oxygen atoms in total. The number of furan rings is 1. The van der Waals surface area contributed by atoms with E-state index in [0.717, 1.165) is 18.6 Å². The Morgan fingerprint density at radius 1 is 1.50 bits per heavy atom. The maximum atomic E-state index is 12.2. The number of carbonyl (C=O) groups excluding carboxylic acids is 1. The molecule has 1 aliphatic heterocycles. The SMILES string of the molecule is CC1CC(NCc2ccc(Cl)o2)CCN1C(=O)OC(C)(C)C. The number of likely N-dealkylation sites (tertiary alicyclic amines) is 1. The third-order valence-corrected chi connectivity index (χ3v) is 3.90. The molecule has 2 unspecified atom stereocenters. The molecule has 2 heterocycles. The highest BCUT2D eigenvalue weighted by Crippen LogP contribution is 2.21. The van der Waals surface area contributed by atoms with E-state index in [9.17, 15) is 4.79 Å². The minimum absolute atomic E-state index is 0.154. The summed E-state index contributed by atoms with van der Waals surface area (Å²) >= 11 is 5.76. The third kappa shape index (κ3) is 4.92. The number of ether oxygens (including phenoxy) is 1. The fourth-order valence-electron chi connectivity index (χ4n) is 2.64. The Bertz CT molecular complexity index is 510. The summed E-state index contributed by atoms with van der Waals surface area (Å²) in [7, 11) is 0. The molecule has 1 fully saturated rings. The van der Waals surface area contributed by atoms with Crippen LogP contribution in [0.3, 0.4) is 0 Å². The van der Waals surface area contributed by atoms with E-state index in [-0.39, 0.29) is 12.1 Å². The highest BCUT2D eigenvalue weighted by atomic mass is 35.5. The summed E-state index contributed by atoms with van der Waals surface area (Å²) in [5, 5.41) is 3.87. The van der Waals surface area contributed by atoms with Gasteiger partial charge in [0, 0.05) is 18.6 Å². The molecule has 0 spiro atoms. The number of halogens is 1. The number of nitrogens with zero attached hydrogens (tertiary/aromatic N) is 1. The highest BCUT2D eigenvalue weighted by Gasteiger charge is 2.31. The molecule has 1 aliphatic rings. The maximum absolute atomic E-state index is 12.2. The van der Waals surface area contributed by atoms with Gasteiger partial charge in [0.2, 0.25) is 0 Å². The van der Waals surface area contributed by atoms with Crippen LogP contribution >= 0.6 is 11.6 Å². The van der Waals surface area contributed by atoms with Crippen LogP contribution in [-0.4, -0.2) is 35.2 Å². The predicted octanol–water partition coefficient (Wildman–Crippen LogP) is 3.81. The van der Waals surface area contributed by atoms with Gasteiger partial charge in [0.05, 0.1) is 6.54 Å². The Balaban J connectivity index is 1.80. The molecule has 1 saturated heterocycles. The summed E-state index contributed by atoms with van der Waals surface area (Å²) in [5.41, 5.74) is -0.454. The van der Waals surface area contributed by atoms with Gasteiger partial charge in [-0.15, -0.1) is 0 Å². The first-order valence-corrected chi connectivity index (χ1v) is 8.09. The van der Waals surface area contributed by atoms with Gasteiger partial charge in [-0.25, -0.2) is 4.79 Å². The Kier molecular flexibility index (Phi) is 5.40. The van der Waals surface area contributed by atoms with Crippen LogP contribution in [0.2, 0.25) is 5.22 Å². The summed E-state index contributed by atoms with van der Waals surface area (Å²) in [4.78, 5) is 14.0. The van der Waals surface area contributed by atoms with E-state index in [1.165, 1.54) is 0 Å². The number of piperidine rings is 1. The van der Waals surface area contributed by atoms with Gasteiger partial charge < -0.3 is 19.4 Å². The maximum Gasteiger partial charge on any atom is 0.410 e. The first-order valence-electron chi connectivity index (χ1n) is 7.72. The van der Waals surface area contributed by atoms with Crippen molar-refractivity contribution in [2.24, 2.45) is 0 Å². The fourth-order valence-corrected chi connectivity index (χ4v) is 2.80. The molecule has 6 heteroatoms. The first kappa shape index (κ1) is 17.2. The van der Waals surface area contributed by atoms with E-state index in [4.69, 9.17) is 20.8 Å². The lowest BCUT2D eigenvalue weighted by Gasteiger charge is -2.38. The van der Waals surface area contributed by atoms with Crippen molar-refractivity contribution in [1.29, 1.82) is 0 Å². The molecule has 1 amide bonds. The van der Waals surface area contributed by atoms with Gasteiger partial charge >= 0.3 is 6.09 Å². The summed E-state index contributed by atoms with van der Waals surface area (Å²) in [6.45, 7) is 9.07. The summed E-state index contributed by atoms with van der Waals surface area (Å²) in [6, 6.07) is 4.12. The fraction of sp³-hybridized carbons (Fsp3) is 0.688. The van der Waals surface area contributed by atoms with Crippen molar-refractivity contribution in [2.45, 2.75) is 64.8 Å². The lowest BCUT2D eigenvalue weighted by molar-refractivity contribution is 0.00925. The number of amides is 1. The molecule has 124 valence electrons. The molecule has 2 rings (SSSR count). The van der Waals surface area contributed by atoms with Crippen LogP contribution in [0, 0.1) is 0 Å². The summed E-state index contributed by atoms with van der Waals surface area (Å²) in [6.07, 6.45) is 1.57. The van der Waals surface area contributed by atoms with Crippen molar-refractivity contribution in [3.8, 4) is 0 Å². The summed E-state index contributed by atoms with van der Waals surface area (Å²) in [5.74, 6) is 0.826. The van der Waals surface area contributed by atoms with Crippen LogP contribution < -0.4 is 5.32 Å². The Hall–Kier alpha value is -1.20. The smallest absolute Gasteiger partial charge is 0.410 e. The minimum Gasteiger partial charge on any atom is -0.448 e. The average Bonchev–Trinajstić information content (AvgIpc) is 2.80. The van der Waals surface area contributed by atoms with Crippen molar-refractivity contribution in [3.05, 3.63) is 23.1 Å². The van der Waals surface area contributed by atoms with Crippen LogP contribution in [0.5, 0.6) is 0 Å². The average molecular weight is 329 g/mol. The van der Waals surface area contributed by atoms with Crippen molar-refractivity contribution in [1.82, 2.24) is 10.2 Å². The van der Waals surface area contributed by atoms with Crippen molar-refractivity contribution in [3.63, 3.8) is 0 Å². The zero-order chi connectivity index (χ0) is 16.3. The van der Waals surface area contributed by atoms with Crippen LogP contribution in [0.25, 0.3) is 0 Å². The number of hydrogen-bond donors (Lipinski definition) is 1. The molecular weight excluding hydrogens is 304 g/mol. The highest BCUT2D eigenvalue weighted by molar-refractivity contribution is 6.28. The minimum atomic E-state index is -0.454. The van der Waals surface area contributed by atoms with Crippen LogP contribution in [0.4, 0.5) is 4.79 Å². The van der Waals surface area contributed by atoms with Crippen molar-refractivity contribution >= 4 is 17.7 Å². The number of carbonyl (C=O) groups is 1. The predicted molar refractivity (Wildman–Crippen MR) is 86.0 cm³/mol. The molecule has 0 aromatic carbocycles. The third-order valence-electron chi connectivity index (χ3n) is 3.70. The van der Waals surface area contributed by atoms with Gasteiger partial charge in [0.1, 0.15) is 11.4 Å². The van der Waals surface area contributed by atoms with E-state index < -0.39 is 5.60 Å². The zero-order valence-corrected chi connectivity index (χ0v) is 14.4. The van der Waals surface area contributed by atoms with Gasteiger partial charge in [-0.05, 0) is 64.3 Å². The molecule has 22 heavy (non-hydrogen) atoms. The summed E-state index contributed by atoms with van der Waals surface area (Å²) < 4.78 is 10.8. The van der Waals surface area contributed by atoms with E-state index in [2.05, 4.69) is 12.2 Å². The van der Waals surface area contributed by atoms with E-state index in [1.54, 1.807) is 6.07 Å². The van der Waals surface area contributed by atoms with Gasteiger partial charge in [0.15, 0.2) is 5.22 Å². The van der Waals surface area contributed by atoms with E-state index in [0.29, 0.717) is 24.4 Å².